The van der Waals surface area contributed by atoms with Gasteiger partial charge in [-0.15, -0.1) is 11.3 Å². The van der Waals surface area contributed by atoms with Crippen LogP contribution in [0.1, 0.15) is 27.6 Å². The van der Waals surface area contributed by atoms with Crippen molar-refractivity contribution in [3.63, 3.8) is 0 Å². The molecule has 3 aromatic rings. The van der Waals surface area contributed by atoms with Gasteiger partial charge in [0.15, 0.2) is 13.2 Å². The molecule has 3 rings (SSSR count). The molecule has 0 aliphatic rings. The van der Waals surface area contributed by atoms with Crippen molar-refractivity contribution in [3.05, 3.63) is 87.6 Å². The number of thiophene rings is 1. The lowest BCUT2D eigenvalue weighted by Crippen LogP contribution is -2.33. The van der Waals surface area contributed by atoms with Crippen molar-refractivity contribution in [1.29, 1.82) is 0 Å². The molecule has 1 amide bonds. The highest BCUT2D eigenvalue weighted by atomic mass is 32.1. The summed E-state index contributed by atoms with van der Waals surface area (Å²) < 4.78 is 10.6. The zero-order valence-corrected chi connectivity index (χ0v) is 17.2. The lowest BCUT2D eigenvalue weighted by Gasteiger charge is -2.18. The molecule has 0 spiro atoms. The Hall–Kier alpha value is -3.12. The second kappa shape index (κ2) is 9.89. The largest absolute Gasteiger partial charge is 0.482 e. The van der Waals surface area contributed by atoms with E-state index in [1.54, 1.807) is 11.3 Å². The molecule has 1 atom stereocenters. The van der Waals surface area contributed by atoms with Gasteiger partial charge in [0.1, 0.15) is 5.75 Å². The highest BCUT2D eigenvalue weighted by molar-refractivity contribution is 7.10. The zero-order chi connectivity index (χ0) is 20.6. The molecule has 0 fully saturated rings. The lowest BCUT2D eigenvalue weighted by atomic mass is 10.1. The molecule has 0 aliphatic heterocycles. The Balaban J connectivity index is 1.52. The molecule has 2 aromatic carbocycles. The van der Waals surface area contributed by atoms with Gasteiger partial charge in [0, 0.05) is 4.88 Å². The van der Waals surface area contributed by atoms with Gasteiger partial charge < -0.3 is 14.8 Å². The maximum atomic E-state index is 12.4. The number of carbonyl (C=O) groups is 2. The van der Waals surface area contributed by atoms with E-state index in [-0.39, 0.29) is 25.2 Å². The number of aryl methyl sites for hydroxylation is 2. The molecular formula is C23H23NO4S. The molecule has 1 N–H and O–H groups in total. The topological polar surface area (TPSA) is 64.6 Å². The Morgan fingerprint density at radius 3 is 2.48 bits per heavy atom. The summed E-state index contributed by atoms with van der Waals surface area (Å²) in [6, 6.07) is 19.0. The highest BCUT2D eigenvalue weighted by Crippen LogP contribution is 2.25. The molecule has 0 saturated carbocycles. The van der Waals surface area contributed by atoms with Crippen LogP contribution in [0.4, 0.5) is 0 Å². The number of carbonyl (C=O) groups excluding carboxylic acids is 2. The van der Waals surface area contributed by atoms with E-state index in [9.17, 15) is 9.59 Å². The van der Waals surface area contributed by atoms with Crippen LogP contribution in [0.15, 0.2) is 66.0 Å². The molecule has 6 heteroatoms. The van der Waals surface area contributed by atoms with E-state index in [0.29, 0.717) is 5.75 Å². The molecule has 1 heterocycles. The van der Waals surface area contributed by atoms with Crippen LogP contribution in [-0.2, 0) is 14.3 Å². The van der Waals surface area contributed by atoms with E-state index in [0.717, 1.165) is 21.6 Å². The minimum Gasteiger partial charge on any atom is -0.482 e. The van der Waals surface area contributed by atoms with Gasteiger partial charge in [-0.2, -0.15) is 0 Å². The smallest absolute Gasteiger partial charge is 0.344 e. The van der Waals surface area contributed by atoms with Crippen molar-refractivity contribution in [2.75, 3.05) is 13.2 Å². The summed E-state index contributed by atoms with van der Waals surface area (Å²) >= 11 is 1.56. The standard InChI is InChI=1S/C23H23NO4S/c1-16-10-11-19(17(2)13-16)27-15-22(26)28-14-21(25)24-23(20-9-6-12-29-20)18-7-4-3-5-8-18/h3-13,23H,14-15H2,1-2H3,(H,24,25)/t23-/m0/s1. The first-order valence-electron chi connectivity index (χ1n) is 9.26. The molecule has 0 saturated heterocycles. The summed E-state index contributed by atoms with van der Waals surface area (Å²) in [4.78, 5) is 25.3. The summed E-state index contributed by atoms with van der Waals surface area (Å²) in [5, 5.41) is 4.89. The number of esters is 1. The van der Waals surface area contributed by atoms with Gasteiger partial charge in [-0.05, 0) is 42.5 Å². The van der Waals surface area contributed by atoms with E-state index in [1.165, 1.54) is 0 Å². The molecule has 0 bridgehead atoms. The quantitative estimate of drug-likeness (QED) is 0.567. The van der Waals surface area contributed by atoms with Crippen molar-refractivity contribution >= 4 is 23.2 Å². The number of nitrogens with one attached hydrogen (secondary N) is 1. The first kappa shape index (κ1) is 20.6. The maximum absolute atomic E-state index is 12.4. The van der Waals surface area contributed by atoms with E-state index in [4.69, 9.17) is 9.47 Å². The Morgan fingerprint density at radius 2 is 1.79 bits per heavy atom. The third-order valence-corrected chi connectivity index (χ3v) is 5.24. The average Bonchev–Trinajstić information content (AvgIpc) is 3.25. The van der Waals surface area contributed by atoms with Crippen LogP contribution in [0, 0.1) is 13.8 Å². The molecular weight excluding hydrogens is 386 g/mol. The fourth-order valence-corrected chi connectivity index (χ4v) is 3.71. The minimum absolute atomic E-state index is 0.246. The zero-order valence-electron chi connectivity index (χ0n) is 16.4. The summed E-state index contributed by atoms with van der Waals surface area (Å²) in [5.41, 5.74) is 3.03. The Kier molecular flexibility index (Phi) is 7.03. The number of hydrogen-bond donors (Lipinski definition) is 1. The first-order valence-corrected chi connectivity index (χ1v) is 10.1. The molecule has 1 aromatic heterocycles. The van der Waals surface area contributed by atoms with Gasteiger partial charge >= 0.3 is 5.97 Å². The fourth-order valence-electron chi connectivity index (χ4n) is 2.91. The van der Waals surface area contributed by atoms with Crippen molar-refractivity contribution in [3.8, 4) is 5.75 Å². The molecule has 150 valence electrons. The van der Waals surface area contributed by atoms with Crippen LogP contribution in [0.3, 0.4) is 0 Å². The number of amides is 1. The van der Waals surface area contributed by atoms with Crippen molar-refractivity contribution in [2.45, 2.75) is 19.9 Å². The van der Waals surface area contributed by atoms with Crippen molar-refractivity contribution in [1.82, 2.24) is 5.32 Å². The van der Waals surface area contributed by atoms with Crippen molar-refractivity contribution in [2.24, 2.45) is 0 Å². The summed E-state index contributed by atoms with van der Waals surface area (Å²) in [6.45, 7) is 3.30. The maximum Gasteiger partial charge on any atom is 0.344 e. The van der Waals surface area contributed by atoms with E-state index >= 15 is 0 Å². The van der Waals surface area contributed by atoms with Crippen LogP contribution < -0.4 is 10.1 Å². The van der Waals surface area contributed by atoms with Crippen LogP contribution in [0.2, 0.25) is 0 Å². The average molecular weight is 410 g/mol. The lowest BCUT2D eigenvalue weighted by molar-refractivity contribution is -0.150. The number of ether oxygens (including phenoxy) is 2. The third-order valence-electron chi connectivity index (χ3n) is 4.31. The molecule has 0 unspecified atom stereocenters. The van der Waals surface area contributed by atoms with Gasteiger partial charge in [0.05, 0.1) is 6.04 Å². The Morgan fingerprint density at radius 1 is 1.00 bits per heavy atom. The molecule has 0 radical (unpaired) electrons. The number of hydrogen-bond acceptors (Lipinski definition) is 5. The van der Waals surface area contributed by atoms with Gasteiger partial charge in [0.25, 0.3) is 5.91 Å². The Bertz CT molecular complexity index is 954. The SMILES string of the molecule is Cc1ccc(OCC(=O)OCC(=O)N[C@@H](c2ccccc2)c2cccs2)c(C)c1. The van der Waals surface area contributed by atoms with Crippen molar-refractivity contribution < 1.29 is 19.1 Å². The van der Waals surface area contributed by atoms with Crippen LogP contribution in [0.25, 0.3) is 0 Å². The number of rotatable bonds is 8. The van der Waals surface area contributed by atoms with Gasteiger partial charge in [-0.25, -0.2) is 4.79 Å². The number of benzene rings is 2. The molecule has 0 aliphatic carbocycles. The normalized spacial score (nSPS) is 11.5. The van der Waals surface area contributed by atoms with Gasteiger partial charge in [-0.1, -0.05) is 54.1 Å². The minimum atomic E-state index is -0.590. The summed E-state index contributed by atoms with van der Waals surface area (Å²) in [5.74, 6) is -0.335. The molecule has 5 nitrogen and oxygen atoms in total. The second-order valence-electron chi connectivity index (χ2n) is 6.64. The van der Waals surface area contributed by atoms with Gasteiger partial charge in [-0.3, -0.25) is 4.79 Å². The predicted molar refractivity (Wildman–Crippen MR) is 113 cm³/mol. The summed E-state index contributed by atoms with van der Waals surface area (Å²) in [6.07, 6.45) is 0. The first-order chi connectivity index (χ1) is 14.0. The monoisotopic (exact) mass is 409 g/mol. The molecule has 29 heavy (non-hydrogen) atoms. The highest BCUT2D eigenvalue weighted by Gasteiger charge is 2.18. The van der Waals surface area contributed by atoms with E-state index in [1.807, 2.05) is 79.9 Å². The van der Waals surface area contributed by atoms with Gasteiger partial charge in [0.2, 0.25) is 0 Å². The second-order valence-corrected chi connectivity index (χ2v) is 7.62. The van der Waals surface area contributed by atoms with Crippen LogP contribution in [-0.4, -0.2) is 25.1 Å². The fraction of sp³-hybridized carbons (Fsp3) is 0.217. The Labute approximate surface area is 174 Å². The van der Waals surface area contributed by atoms with Crippen LogP contribution in [0.5, 0.6) is 5.75 Å². The van der Waals surface area contributed by atoms with E-state index < -0.39 is 5.97 Å². The van der Waals surface area contributed by atoms with Crippen LogP contribution >= 0.6 is 11.3 Å². The third kappa shape index (κ3) is 5.93. The summed E-state index contributed by atoms with van der Waals surface area (Å²) in [7, 11) is 0. The van der Waals surface area contributed by atoms with E-state index in [2.05, 4.69) is 5.32 Å². The predicted octanol–water partition coefficient (Wildman–Crippen LogP) is 4.19.